The number of aliphatic hydroxyl groups excluding tert-OH is 1. The number of anilines is 1. The number of carboxylic acids is 1. The van der Waals surface area contributed by atoms with Crippen molar-refractivity contribution in [2.75, 3.05) is 12.4 Å². The molecule has 0 aliphatic rings. The number of aldehydes is 1. The first-order chi connectivity index (χ1) is 10.6. The molecule has 3 N–H and O–H groups in total. The molecule has 0 saturated carbocycles. The van der Waals surface area contributed by atoms with Gasteiger partial charge in [0.25, 0.3) is 5.91 Å². The second-order valence-corrected chi connectivity index (χ2v) is 4.08. The highest BCUT2D eigenvalue weighted by molar-refractivity contribution is 6.05. The maximum atomic E-state index is 12.0. The van der Waals surface area contributed by atoms with E-state index in [-0.39, 0.29) is 11.1 Å². The van der Waals surface area contributed by atoms with Crippen LogP contribution in [0.25, 0.3) is 0 Å². The smallest absolute Gasteiger partial charge is 0.335 e. The Morgan fingerprint density at radius 1 is 1.00 bits per heavy atom. The predicted octanol–water partition coefficient (Wildman–Crippen LogP) is 2.06. The number of carboxylic acid groups (broad SMARTS) is 1. The standard InChI is InChI=1S/C15H11NO4.CH4O/c17-9-10-4-6-13(7-5-10)16-14(18)11-2-1-3-12(8-11)15(19)20;1-2/h1-9H,(H,16,18)(H,19,20);2H,1H3. The van der Waals surface area contributed by atoms with Crippen molar-refractivity contribution in [3.05, 3.63) is 65.2 Å². The molecule has 2 rings (SSSR count). The first-order valence-electron chi connectivity index (χ1n) is 6.25. The van der Waals surface area contributed by atoms with Gasteiger partial charge in [-0.15, -0.1) is 0 Å². The summed E-state index contributed by atoms with van der Waals surface area (Å²) in [5.74, 6) is -1.50. The monoisotopic (exact) mass is 301 g/mol. The van der Waals surface area contributed by atoms with Gasteiger partial charge >= 0.3 is 5.97 Å². The Bertz CT molecular complexity index is 664. The fourth-order valence-corrected chi connectivity index (χ4v) is 1.64. The van der Waals surface area contributed by atoms with Crippen LogP contribution in [0.3, 0.4) is 0 Å². The highest BCUT2D eigenvalue weighted by Crippen LogP contribution is 2.12. The van der Waals surface area contributed by atoms with Crippen LogP contribution in [0, 0.1) is 0 Å². The Balaban J connectivity index is 0.00000116. The normalized spacial score (nSPS) is 9.18. The van der Waals surface area contributed by atoms with Gasteiger partial charge in [-0.3, -0.25) is 9.59 Å². The Morgan fingerprint density at radius 3 is 2.14 bits per heavy atom. The number of rotatable bonds is 4. The molecule has 0 radical (unpaired) electrons. The molecule has 6 heteroatoms. The molecule has 0 aliphatic heterocycles. The predicted molar refractivity (Wildman–Crippen MR) is 81.3 cm³/mol. The molecule has 0 saturated heterocycles. The topological polar surface area (TPSA) is 104 Å². The average molecular weight is 301 g/mol. The van der Waals surface area contributed by atoms with Gasteiger partial charge in [0.05, 0.1) is 5.56 Å². The Kier molecular flexibility index (Phi) is 6.46. The van der Waals surface area contributed by atoms with Gasteiger partial charge in [0, 0.05) is 23.9 Å². The minimum absolute atomic E-state index is 0.0500. The van der Waals surface area contributed by atoms with Gasteiger partial charge in [-0.05, 0) is 42.5 Å². The van der Waals surface area contributed by atoms with E-state index in [1.54, 1.807) is 24.3 Å². The minimum atomic E-state index is -1.09. The largest absolute Gasteiger partial charge is 0.478 e. The summed E-state index contributed by atoms with van der Waals surface area (Å²) in [4.78, 5) is 33.3. The highest BCUT2D eigenvalue weighted by atomic mass is 16.4. The van der Waals surface area contributed by atoms with Crippen LogP contribution in [-0.4, -0.2) is 35.5 Å². The van der Waals surface area contributed by atoms with Crippen LogP contribution >= 0.6 is 0 Å². The van der Waals surface area contributed by atoms with Crippen molar-refractivity contribution in [1.82, 2.24) is 0 Å². The van der Waals surface area contributed by atoms with Crippen molar-refractivity contribution in [3.63, 3.8) is 0 Å². The van der Waals surface area contributed by atoms with Crippen molar-refractivity contribution in [2.24, 2.45) is 0 Å². The molecule has 0 heterocycles. The summed E-state index contributed by atoms with van der Waals surface area (Å²) in [5, 5.41) is 18.5. The lowest BCUT2D eigenvalue weighted by atomic mass is 10.1. The number of benzene rings is 2. The first-order valence-corrected chi connectivity index (χ1v) is 6.25. The Hall–Kier alpha value is -2.99. The zero-order valence-corrected chi connectivity index (χ0v) is 11.8. The van der Waals surface area contributed by atoms with Crippen LogP contribution in [0.2, 0.25) is 0 Å². The molecule has 0 unspecified atom stereocenters. The number of aromatic carboxylic acids is 1. The van der Waals surface area contributed by atoms with E-state index in [0.29, 0.717) is 17.5 Å². The summed E-state index contributed by atoms with van der Waals surface area (Å²) in [6, 6.07) is 12.1. The molecular formula is C16H15NO5. The maximum absolute atomic E-state index is 12.0. The van der Waals surface area contributed by atoms with Gasteiger partial charge in [-0.1, -0.05) is 6.07 Å². The fourth-order valence-electron chi connectivity index (χ4n) is 1.64. The lowest BCUT2D eigenvalue weighted by Gasteiger charge is -2.06. The molecule has 0 fully saturated rings. The van der Waals surface area contributed by atoms with Crippen LogP contribution in [0.5, 0.6) is 0 Å². The molecular weight excluding hydrogens is 286 g/mol. The van der Waals surface area contributed by atoms with Crippen LogP contribution in [-0.2, 0) is 0 Å². The summed E-state index contributed by atoms with van der Waals surface area (Å²) in [7, 11) is 1.00. The number of nitrogens with one attached hydrogen (secondary N) is 1. The summed E-state index contributed by atoms with van der Waals surface area (Å²) in [6.45, 7) is 0. The van der Waals surface area contributed by atoms with Crippen LogP contribution in [0.1, 0.15) is 31.1 Å². The van der Waals surface area contributed by atoms with E-state index in [9.17, 15) is 14.4 Å². The third-order valence-electron chi connectivity index (χ3n) is 2.68. The van der Waals surface area contributed by atoms with Crippen molar-refractivity contribution in [3.8, 4) is 0 Å². The SMILES string of the molecule is CO.O=Cc1ccc(NC(=O)c2cccc(C(=O)O)c2)cc1. The van der Waals surface area contributed by atoms with Gasteiger partial charge < -0.3 is 15.5 Å². The average Bonchev–Trinajstić information content (AvgIpc) is 2.57. The number of carbonyl (C=O) groups is 3. The minimum Gasteiger partial charge on any atom is -0.478 e. The van der Waals surface area contributed by atoms with Crippen molar-refractivity contribution < 1.29 is 24.6 Å². The molecule has 1 amide bonds. The second kappa shape index (κ2) is 8.33. The number of hydrogen-bond donors (Lipinski definition) is 3. The molecule has 0 atom stereocenters. The lowest BCUT2D eigenvalue weighted by Crippen LogP contribution is -2.12. The molecule has 6 nitrogen and oxygen atoms in total. The van der Waals surface area contributed by atoms with E-state index in [0.717, 1.165) is 7.11 Å². The van der Waals surface area contributed by atoms with E-state index in [1.165, 1.54) is 24.3 Å². The summed E-state index contributed by atoms with van der Waals surface area (Å²) < 4.78 is 0. The molecule has 2 aromatic carbocycles. The molecule has 0 aliphatic carbocycles. The molecule has 0 spiro atoms. The van der Waals surface area contributed by atoms with Gasteiger partial charge in [0.15, 0.2) is 0 Å². The zero-order valence-electron chi connectivity index (χ0n) is 11.8. The van der Waals surface area contributed by atoms with E-state index in [4.69, 9.17) is 10.2 Å². The summed E-state index contributed by atoms with van der Waals surface area (Å²) in [5.41, 5.74) is 1.34. The number of carbonyl (C=O) groups excluding carboxylic acids is 2. The molecule has 2 aromatic rings. The third-order valence-corrected chi connectivity index (χ3v) is 2.68. The fraction of sp³-hybridized carbons (Fsp3) is 0.0625. The lowest BCUT2D eigenvalue weighted by molar-refractivity contribution is 0.0696. The van der Waals surface area contributed by atoms with Gasteiger partial charge in [0.2, 0.25) is 0 Å². The zero-order chi connectivity index (χ0) is 16.5. The van der Waals surface area contributed by atoms with Gasteiger partial charge in [0.1, 0.15) is 6.29 Å². The van der Waals surface area contributed by atoms with Crippen molar-refractivity contribution in [2.45, 2.75) is 0 Å². The molecule has 0 aromatic heterocycles. The number of hydrogen-bond acceptors (Lipinski definition) is 4. The Labute approximate surface area is 127 Å². The Morgan fingerprint density at radius 2 is 1.59 bits per heavy atom. The number of aliphatic hydroxyl groups is 1. The molecule has 114 valence electrons. The van der Waals surface area contributed by atoms with E-state index >= 15 is 0 Å². The van der Waals surface area contributed by atoms with Crippen LogP contribution in [0.4, 0.5) is 5.69 Å². The molecule has 0 bridgehead atoms. The number of amides is 1. The van der Waals surface area contributed by atoms with Gasteiger partial charge in [-0.25, -0.2) is 4.79 Å². The maximum Gasteiger partial charge on any atom is 0.335 e. The highest BCUT2D eigenvalue weighted by Gasteiger charge is 2.09. The summed E-state index contributed by atoms with van der Waals surface area (Å²) >= 11 is 0. The van der Waals surface area contributed by atoms with Crippen LogP contribution < -0.4 is 5.32 Å². The van der Waals surface area contributed by atoms with Gasteiger partial charge in [-0.2, -0.15) is 0 Å². The van der Waals surface area contributed by atoms with E-state index < -0.39 is 11.9 Å². The first kappa shape index (κ1) is 17.1. The van der Waals surface area contributed by atoms with Crippen molar-refractivity contribution in [1.29, 1.82) is 0 Å². The van der Waals surface area contributed by atoms with E-state index in [2.05, 4.69) is 5.32 Å². The van der Waals surface area contributed by atoms with Crippen molar-refractivity contribution >= 4 is 23.9 Å². The molecule has 22 heavy (non-hydrogen) atoms. The van der Waals surface area contributed by atoms with E-state index in [1.807, 2.05) is 0 Å². The summed E-state index contributed by atoms with van der Waals surface area (Å²) in [6.07, 6.45) is 0.710. The second-order valence-electron chi connectivity index (χ2n) is 4.08. The van der Waals surface area contributed by atoms with Crippen LogP contribution in [0.15, 0.2) is 48.5 Å². The quantitative estimate of drug-likeness (QED) is 0.750. The third kappa shape index (κ3) is 4.53.